The van der Waals surface area contributed by atoms with E-state index in [0.29, 0.717) is 5.69 Å². The number of para-hydroxylation sites is 1. The topological polar surface area (TPSA) is 41.1 Å². The number of benzene rings is 2. The molecule has 0 aliphatic rings. The second kappa shape index (κ2) is 6.70. The number of hydrogen-bond donors (Lipinski definition) is 2. The van der Waals surface area contributed by atoms with Crippen molar-refractivity contribution in [2.75, 3.05) is 17.2 Å². The lowest BCUT2D eigenvalue weighted by atomic mass is 10.1. The third-order valence-electron chi connectivity index (χ3n) is 2.78. The van der Waals surface area contributed by atoms with E-state index >= 15 is 0 Å². The maximum atomic E-state index is 12.9. The summed E-state index contributed by atoms with van der Waals surface area (Å²) in [6.07, 6.45) is -4.55. The number of alkyl halides is 3. The average Bonchev–Trinajstić information content (AvgIpc) is 2.46. The van der Waals surface area contributed by atoms with Crippen molar-refractivity contribution in [2.24, 2.45) is 0 Å². The summed E-state index contributed by atoms with van der Waals surface area (Å²) >= 11 is 5.59. The lowest BCUT2D eigenvalue weighted by Crippen LogP contribution is -2.23. The molecule has 0 saturated carbocycles. The molecule has 0 heterocycles. The molecule has 22 heavy (non-hydrogen) atoms. The summed E-state index contributed by atoms with van der Waals surface area (Å²) in [6.45, 7) is -0.292. The van der Waals surface area contributed by atoms with Gasteiger partial charge in [0.25, 0.3) is 0 Å². The molecule has 0 aromatic heterocycles. The zero-order chi connectivity index (χ0) is 16.2. The smallest absolute Gasteiger partial charge is 0.376 e. The van der Waals surface area contributed by atoms with Crippen LogP contribution in [0.4, 0.5) is 24.5 Å². The zero-order valence-corrected chi connectivity index (χ0v) is 12.0. The van der Waals surface area contributed by atoms with E-state index in [4.69, 9.17) is 11.6 Å². The Hall–Kier alpha value is -2.21. The highest BCUT2D eigenvalue weighted by Gasteiger charge is 2.33. The Morgan fingerprint density at radius 3 is 2.41 bits per heavy atom. The Morgan fingerprint density at radius 2 is 1.77 bits per heavy atom. The maximum absolute atomic E-state index is 12.9. The molecule has 0 aliphatic carbocycles. The summed E-state index contributed by atoms with van der Waals surface area (Å²) in [6, 6.07) is 12.0. The molecule has 7 heteroatoms. The largest absolute Gasteiger partial charge is 0.418 e. The molecule has 0 radical (unpaired) electrons. The van der Waals surface area contributed by atoms with Gasteiger partial charge in [0.15, 0.2) is 0 Å². The predicted octanol–water partition coefficient (Wildman–Crippen LogP) is 4.41. The first kappa shape index (κ1) is 16.2. The standard InChI is InChI=1S/C15H12ClF3N2O/c16-10-6-7-13(12(8-10)15(17,18)19)20-9-14(22)21-11-4-2-1-3-5-11/h1-8,20H,9H2,(H,21,22). The molecular formula is C15H12ClF3N2O. The van der Waals surface area contributed by atoms with Crippen molar-refractivity contribution in [1.82, 2.24) is 0 Å². The van der Waals surface area contributed by atoms with E-state index in [0.717, 1.165) is 6.07 Å². The Labute approximate surface area is 130 Å². The van der Waals surface area contributed by atoms with Crippen LogP contribution in [-0.4, -0.2) is 12.5 Å². The van der Waals surface area contributed by atoms with Gasteiger partial charge in [-0.2, -0.15) is 13.2 Å². The highest BCUT2D eigenvalue weighted by Crippen LogP contribution is 2.36. The molecule has 2 rings (SSSR count). The van der Waals surface area contributed by atoms with Gasteiger partial charge in [-0.1, -0.05) is 29.8 Å². The van der Waals surface area contributed by atoms with Crippen LogP contribution in [0.2, 0.25) is 5.02 Å². The highest BCUT2D eigenvalue weighted by molar-refractivity contribution is 6.30. The van der Waals surface area contributed by atoms with E-state index in [1.54, 1.807) is 30.3 Å². The van der Waals surface area contributed by atoms with Gasteiger partial charge in [0, 0.05) is 16.4 Å². The summed E-state index contributed by atoms with van der Waals surface area (Å²) in [5.41, 5.74) is -0.533. The first-order valence-electron chi connectivity index (χ1n) is 6.32. The lowest BCUT2D eigenvalue weighted by molar-refractivity contribution is -0.137. The molecule has 1 amide bonds. The van der Waals surface area contributed by atoms with Crippen LogP contribution in [0, 0.1) is 0 Å². The van der Waals surface area contributed by atoms with Crippen molar-refractivity contribution in [3.8, 4) is 0 Å². The van der Waals surface area contributed by atoms with Crippen molar-refractivity contribution < 1.29 is 18.0 Å². The number of halogens is 4. The number of nitrogens with one attached hydrogen (secondary N) is 2. The lowest BCUT2D eigenvalue weighted by Gasteiger charge is -2.15. The molecule has 3 nitrogen and oxygen atoms in total. The Morgan fingerprint density at radius 1 is 1.09 bits per heavy atom. The average molecular weight is 329 g/mol. The van der Waals surface area contributed by atoms with Crippen LogP contribution < -0.4 is 10.6 Å². The Bertz CT molecular complexity index is 660. The number of anilines is 2. The first-order chi connectivity index (χ1) is 10.4. The monoisotopic (exact) mass is 328 g/mol. The molecule has 0 fully saturated rings. The quantitative estimate of drug-likeness (QED) is 0.873. The van der Waals surface area contributed by atoms with E-state index in [1.807, 2.05) is 0 Å². The van der Waals surface area contributed by atoms with Gasteiger partial charge < -0.3 is 10.6 Å². The minimum atomic E-state index is -4.55. The van der Waals surface area contributed by atoms with Gasteiger partial charge in [0.05, 0.1) is 12.1 Å². The van der Waals surface area contributed by atoms with Gasteiger partial charge >= 0.3 is 6.18 Å². The fraction of sp³-hybridized carbons (Fsp3) is 0.133. The summed E-state index contributed by atoms with van der Waals surface area (Å²) in [5, 5.41) is 5.03. The maximum Gasteiger partial charge on any atom is 0.418 e. The van der Waals surface area contributed by atoms with E-state index in [-0.39, 0.29) is 17.3 Å². The highest BCUT2D eigenvalue weighted by atomic mass is 35.5. The van der Waals surface area contributed by atoms with Gasteiger partial charge in [0.1, 0.15) is 0 Å². The van der Waals surface area contributed by atoms with Crippen LogP contribution in [-0.2, 0) is 11.0 Å². The van der Waals surface area contributed by atoms with E-state index in [2.05, 4.69) is 10.6 Å². The van der Waals surface area contributed by atoms with Crippen molar-refractivity contribution >= 4 is 28.9 Å². The molecule has 0 bridgehead atoms. The molecule has 0 aliphatic heterocycles. The first-order valence-corrected chi connectivity index (χ1v) is 6.69. The minimum Gasteiger partial charge on any atom is -0.376 e. The number of carbonyl (C=O) groups is 1. The molecule has 2 aromatic rings. The van der Waals surface area contributed by atoms with Gasteiger partial charge in [-0.15, -0.1) is 0 Å². The third kappa shape index (κ3) is 4.39. The molecule has 0 unspecified atom stereocenters. The van der Waals surface area contributed by atoms with Gasteiger partial charge in [0.2, 0.25) is 5.91 Å². The zero-order valence-electron chi connectivity index (χ0n) is 11.2. The number of carbonyl (C=O) groups excluding carboxylic acids is 1. The van der Waals surface area contributed by atoms with Crippen molar-refractivity contribution in [3.63, 3.8) is 0 Å². The van der Waals surface area contributed by atoms with Crippen LogP contribution in [0.5, 0.6) is 0 Å². The van der Waals surface area contributed by atoms with Crippen LogP contribution in [0.1, 0.15) is 5.56 Å². The molecular weight excluding hydrogens is 317 g/mol. The van der Waals surface area contributed by atoms with Crippen molar-refractivity contribution in [2.45, 2.75) is 6.18 Å². The van der Waals surface area contributed by atoms with Gasteiger partial charge in [-0.3, -0.25) is 4.79 Å². The van der Waals surface area contributed by atoms with Crippen LogP contribution in [0.25, 0.3) is 0 Å². The van der Waals surface area contributed by atoms with Crippen LogP contribution in [0.3, 0.4) is 0 Å². The normalized spacial score (nSPS) is 11.1. The van der Waals surface area contributed by atoms with Crippen LogP contribution in [0.15, 0.2) is 48.5 Å². The number of rotatable bonds is 4. The van der Waals surface area contributed by atoms with E-state index < -0.39 is 17.6 Å². The number of amides is 1. The summed E-state index contributed by atoms with van der Waals surface area (Å²) in [4.78, 5) is 11.7. The summed E-state index contributed by atoms with van der Waals surface area (Å²) < 4.78 is 38.7. The molecule has 2 N–H and O–H groups in total. The molecule has 0 atom stereocenters. The Balaban J connectivity index is 2.04. The number of hydrogen-bond acceptors (Lipinski definition) is 2. The molecule has 0 spiro atoms. The molecule has 0 saturated heterocycles. The predicted molar refractivity (Wildman–Crippen MR) is 80.0 cm³/mol. The van der Waals surface area contributed by atoms with E-state index in [9.17, 15) is 18.0 Å². The third-order valence-corrected chi connectivity index (χ3v) is 3.02. The van der Waals surface area contributed by atoms with Crippen molar-refractivity contribution in [1.29, 1.82) is 0 Å². The second-order valence-electron chi connectivity index (χ2n) is 4.46. The van der Waals surface area contributed by atoms with E-state index in [1.165, 1.54) is 12.1 Å². The van der Waals surface area contributed by atoms with Crippen LogP contribution >= 0.6 is 11.6 Å². The van der Waals surface area contributed by atoms with Crippen molar-refractivity contribution in [3.05, 3.63) is 59.1 Å². The molecule has 2 aromatic carbocycles. The van der Waals surface area contributed by atoms with Gasteiger partial charge in [-0.25, -0.2) is 0 Å². The fourth-order valence-electron chi connectivity index (χ4n) is 1.81. The SMILES string of the molecule is O=C(CNc1ccc(Cl)cc1C(F)(F)F)Nc1ccccc1. The summed E-state index contributed by atoms with van der Waals surface area (Å²) in [5.74, 6) is -0.450. The van der Waals surface area contributed by atoms with Gasteiger partial charge in [-0.05, 0) is 30.3 Å². The molecule has 116 valence electrons. The fourth-order valence-corrected chi connectivity index (χ4v) is 1.98. The second-order valence-corrected chi connectivity index (χ2v) is 4.89. The minimum absolute atomic E-state index is 0.0217. The summed E-state index contributed by atoms with van der Waals surface area (Å²) in [7, 11) is 0. The Kier molecular flexibility index (Phi) is 4.92.